The van der Waals surface area contributed by atoms with Crippen LogP contribution >= 0.6 is 11.3 Å². The zero-order valence-electron chi connectivity index (χ0n) is 15.9. The molecule has 7 nitrogen and oxygen atoms in total. The van der Waals surface area contributed by atoms with Gasteiger partial charge >= 0.3 is 6.03 Å². The summed E-state index contributed by atoms with van der Waals surface area (Å²) < 4.78 is 13.2. The number of carbonyl (C=O) groups excluding carboxylic acids is 3. The molecule has 0 bridgehead atoms. The molecule has 1 aliphatic rings. The van der Waals surface area contributed by atoms with Gasteiger partial charge in [0.2, 0.25) is 5.91 Å². The average molecular weight is 424 g/mol. The van der Waals surface area contributed by atoms with Crippen molar-refractivity contribution in [2.24, 2.45) is 0 Å². The van der Waals surface area contributed by atoms with E-state index in [2.05, 4.69) is 15.6 Å². The van der Waals surface area contributed by atoms with Crippen LogP contribution in [0.3, 0.4) is 0 Å². The zero-order valence-corrected chi connectivity index (χ0v) is 16.7. The van der Waals surface area contributed by atoms with Gasteiger partial charge in [0, 0.05) is 5.56 Å². The zero-order chi connectivity index (χ0) is 21.3. The lowest BCUT2D eigenvalue weighted by Crippen LogP contribution is -2.42. The molecule has 1 saturated heterocycles. The maximum absolute atomic E-state index is 13.2. The number of amides is 4. The summed E-state index contributed by atoms with van der Waals surface area (Å²) in [5, 5.41) is 6.50. The smallest absolute Gasteiger partial charge is 0.319 e. The number of nitrogens with one attached hydrogen (secondary N) is 2. The van der Waals surface area contributed by atoms with Crippen molar-refractivity contribution in [3.8, 4) is 10.6 Å². The molecule has 0 spiro atoms. The van der Waals surface area contributed by atoms with Gasteiger partial charge in [0.05, 0.1) is 6.20 Å². The number of rotatable bonds is 5. The van der Waals surface area contributed by atoms with Crippen LogP contribution in [0.4, 0.5) is 14.2 Å². The van der Waals surface area contributed by atoms with Gasteiger partial charge in [0.1, 0.15) is 27.9 Å². The van der Waals surface area contributed by atoms with Gasteiger partial charge in [-0.25, -0.2) is 14.2 Å². The minimum absolute atomic E-state index is 0.431. The fourth-order valence-electron chi connectivity index (χ4n) is 3.19. The van der Waals surface area contributed by atoms with Crippen LogP contribution in [0.1, 0.15) is 12.5 Å². The molecule has 3 aromatic rings. The SMILES string of the molecule is CC1(c2ccc(F)cc2)NC(=O)N(CC(=O)Nc2cnc(-c3ccccc3)s2)C1=O. The average Bonchev–Trinajstić information content (AvgIpc) is 3.28. The Labute approximate surface area is 175 Å². The van der Waals surface area contributed by atoms with Crippen LogP contribution in [0.5, 0.6) is 0 Å². The molecule has 0 radical (unpaired) electrons. The molecule has 1 unspecified atom stereocenters. The highest BCUT2D eigenvalue weighted by molar-refractivity contribution is 7.19. The first kappa shape index (κ1) is 19.7. The first-order chi connectivity index (χ1) is 14.4. The number of anilines is 1. The van der Waals surface area contributed by atoms with E-state index in [0.29, 0.717) is 10.6 Å². The van der Waals surface area contributed by atoms with Crippen LogP contribution < -0.4 is 10.6 Å². The van der Waals surface area contributed by atoms with E-state index in [1.807, 2.05) is 30.3 Å². The third-order valence-electron chi connectivity index (χ3n) is 4.79. The first-order valence-corrected chi connectivity index (χ1v) is 9.90. The highest BCUT2D eigenvalue weighted by Crippen LogP contribution is 2.30. The van der Waals surface area contributed by atoms with E-state index in [4.69, 9.17) is 0 Å². The quantitative estimate of drug-likeness (QED) is 0.615. The van der Waals surface area contributed by atoms with Crippen molar-refractivity contribution in [2.75, 3.05) is 11.9 Å². The predicted molar refractivity (Wildman–Crippen MR) is 110 cm³/mol. The molecule has 0 saturated carbocycles. The molecule has 2 aromatic carbocycles. The third-order valence-corrected chi connectivity index (χ3v) is 5.75. The van der Waals surface area contributed by atoms with Gasteiger partial charge in [0.25, 0.3) is 5.91 Å². The minimum Gasteiger partial charge on any atom is -0.319 e. The summed E-state index contributed by atoms with van der Waals surface area (Å²) in [4.78, 5) is 42.8. The summed E-state index contributed by atoms with van der Waals surface area (Å²) in [5.74, 6) is -1.55. The summed E-state index contributed by atoms with van der Waals surface area (Å²) >= 11 is 1.29. The molecule has 1 aromatic heterocycles. The number of nitrogens with zero attached hydrogens (tertiary/aromatic N) is 2. The molecular formula is C21H17FN4O3S. The standard InChI is InChI=1S/C21H17FN4O3S/c1-21(14-7-9-15(22)10-8-14)19(28)26(20(29)25-21)12-16(27)24-17-11-23-18(30-17)13-5-3-2-4-6-13/h2-11H,12H2,1H3,(H,24,27)(H,25,29). The van der Waals surface area contributed by atoms with E-state index in [-0.39, 0.29) is 0 Å². The van der Waals surface area contributed by atoms with Crippen molar-refractivity contribution in [3.63, 3.8) is 0 Å². The lowest BCUT2D eigenvalue weighted by Gasteiger charge is -2.22. The Balaban J connectivity index is 1.45. The van der Waals surface area contributed by atoms with Crippen LogP contribution in [-0.4, -0.2) is 34.3 Å². The van der Waals surface area contributed by atoms with Crippen molar-refractivity contribution in [1.29, 1.82) is 0 Å². The second kappa shape index (κ2) is 7.68. The largest absolute Gasteiger partial charge is 0.325 e. The van der Waals surface area contributed by atoms with E-state index in [9.17, 15) is 18.8 Å². The van der Waals surface area contributed by atoms with Gasteiger partial charge in [-0.15, -0.1) is 0 Å². The van der Waals surface area contributed by atoms with Crippen LogP contribution in [0.25, 0.3) is 10.6 Å². The molecule has 1 fully saturated rings. The molecule has 2 N–H and O–H groups in total. The van der Waals surface area contributed by atoms with Crippen molar-refractivity contribution < 1.29 is 18.8 Å². The highest BCUT2D eigenvalue weighted by atomic mass is 32.1. The second-order valence-corrected chi connectivity index (χ2v) is 7.93. The normalized spacial score (nSPS) is 18.4. The lowest BCUT2D eigenvalue weighted by molar-refractivity contribution is -0.133. The fourth-order valence-corrected chi connectivity index (χ4v) is 4.02. The van der Waals surface area contributed by atoms with Crippen LogP contribution in [0.15, 0.2) is 60.8 Å². The molecule has 30 heavy (non-hydrogen) atoms. The van der Waals surface area contributed by atoms with Crippen molar-refractivity contribution in [1.82, 2.24) is 15.2 Å². The first-order valence-electron chi connectivity index (χ1n) is 9.08. The number of carbonyl (C=O) groups is 3. The van der Waals surface area contributed by atoms with E-state index < -0.39 is 35.7 Å². The summed E-state index contributed by atoms with van der Waals surface area (Å²) in [6, 6.07) is 14.1. The minimum atomic E-state index is -1.37. The van der Waals surface area contributed by atoms with Crippen molar-refractivity contribution in [3.05, 3.63) is 72.2 Å². The van der Waals surface area contributed by atoms with Gasteiger partial charge in [-0.3, -0.25) is 14.5 Å². The van der Waals surface area contributed by atoms with E-state index in [1.165, 1.54) is 48.7 Å². The molecule has 152 valence electrons. The number of thiazole rings is 1. The molecule has 9 heteroatoms. The number of urea groups is 1. The number of imide groups is 1. The predicted octanol–water partition coefficient (Wildman–Crippen LogP) is 3.35. The number of halogens is 1. The maximum Gasteiger partial charge on any atom is 0.325 e. The number of aromatic nitrogens is 1. The molecule has 1 atom stereocenters. The van der Waals surface area contributed by atoms with Crippen LogP contribution in [0.2, 0.25) is 0 Å². The van der Waals surface area contributed by atoms with Gasteiger partial charge in [-0.1, -0.05) is 53.8 Å². The molecule has 1 aliphatic heterocycles. The molecule has 4 amide bonds. The van der Waals surface area contributed by atoms with Crippen LogP contribution in [-0.2, 0) is 15.1 Å². The Morgan fingerprint density at radius 3 is 2.57 bits per heavy atom. The molecule has 4 rings (SSSR count). The molecular weight excluding hydrogens is 407 g/mol. The maximum atomic E-state index is 13.2. The highest BCUT2D eigenvalue weighted by Gasteiger charge is 2.49. The fraction of sp³-hybridized carbons (Fsp3) is 0.143. The molecule has 2 heterocycles. The van der Waals surface area contributed by atoms with Gasteiger partial charge in [-0.2, -0.15) is 0 Å². The Hall–Kier alpha value is -3.59. The number of hydrogen-bond donors (Lipinski definition) is 2. The third kappa shape index (κ3) is 3.67. The Kier molecular flexibility index (Phi) is 5.04. The van der Waals surface area contributed by atoms with Crippen LogP contribution in [0, 0.1) is 5.82 Å². The Morgan fingerprint density at radius 2 is 1.87 bits per heavy atom. The Morgan fingerprint density at radius 1 is 1.17 bits per heavy atom. The summed E-state index contributed by atoms with van der Waals surface area (Å²) in [6.45, 7) is 1.08. The summed E-state index contributed by atoms with van der Waals surface area (Å²) in [7, 11) is 0. The number of hydrogen-bond acceptors (Lipinski definition) is 5. The van der Waals surface area contributed by atoms with Gasteiger partial charge in [-0.05, 0) is 24.6 Å². The van der Waals surface area contributed by atoms with Crippen molar-refractivity contribution in [2.45, 2.75) is 12.5 Å². The monoisotopic (exact) mass is 424 g/mol. The Bertz CT molecular complexity index is 1120. The van der Waals surface area contributed by atoms with Gasteiger partial charge in [0.15, 0.2) is 0 Å². The summed E-state index contributed by atoms with van der Waals surface area (Å²) in [5.41, 5.74) is -0.0111. The van der Waals surface area contributed by atoms with Gasteiger partial charge < -0.3 is 10.6 Å². The van der Waals surface area contributed by atoms with E-state index in [1.54, 1.807) is 0 Å². The summed E-state index contributed by atoms with van der Waals surface area (Å²) in [6.07, 6.45) is 1.53. The van der Waals surface area contributed by atoms with E-state index >= 15 is 0 Å². The second-order valence-electron chi connectivity index (χ2n) is 6.90. The molecule has 0 aliphatic carbocycles. The topological polar surface area (TPSA) is 91.4 Å². The van der Waals surface area contributed by atoms with E-state index in [0.717, 1.165) is 15.5 Å². The van der Waals surface area contributed by atoms with Crippen molar-refractivity contribution >= 4 is 34.2 Å². The lowest BCUT2D eigenvalue weighted by atomic mass is 9.92. The number of benzene rings is 2.